The standard InChI is InChI=1S/C14H10ClF3N2O2/c1-7-4-8(5-12(21)19-7)13(22)20-11-6-9(14(16,17)18)2-3-10(11)15/h2-6H,1H3,(H,19,21)(H,20,22). The molecular weight excluding hydrogens is 321 g/mol. The quantitative estimate of drug-likeness (QED) is 0.883. The molecule has 1 aromatic heterocycles. The number of nitrogens with one attached hydrogen (secondary N) is 2. The number of hydrogen-bond donors (Lipinski definition) is 2. The first-order chi connectivity index (χ1) is 10.2. The third-order valence-corrected chi connectivity index (χ3v) is 3.11. The maximum Gasteiger partial charge on any atom is 0.416 e. The molecule has 22 heavy (non-hydrogen) atoms. The van der Waals surface area contributed by atoms with Gasteiger partial charge in [0, 0.05) is 17.3 Å². The van der Waals surface area contributed by atoms with Crippen LogP contribution in [0.15, 0.2) is 35.1 Å². The number of amides is 1. The second kappa shape index (κ2) is 5.84. The molecule has 0 aliphatic heterocycles. The van der Waals surface area contributed by atoms with Crippen molar-refractivity contribution in [2.75, 3.05) is 5.32 Å². The predicted molar refractivity (Wildman–Crippen MR) is 76.2 cm³/mol. The summed E-state index contributed by atoms with van der Waals surface area (Å²) in [6.07, 6.45) is -4.55. The summed E-state index contributed by atoms with van der Waals surface area (Å²) in [6.45, 7) is 1.58. The first kappa shape index (κ1) is 16.1. The molecule has 2 aromatic rings. The van der Waals surface area contributed by atoms with Crippen LogP contribution in [0.2, 0.25) is 5.02 Å². The number of aromatic nitrogens is 1. The second-order valence-corrected chi connectivity index (χ2v) is 4.97. The Hall–Kier alpha value is -2.28. The van der Waals surface area contributed by atoms with Crippen LogP contribution in [-0.2, 0) is 6.18 Å². The fraction of sp³-hybridized carbons (Fsp3) is 0.143. The molecule has 0 aliphatic rings. The molecule has 0 atom stereocenters. The first-order valence-corrected chi connectivity index (χ1v) is 6.43. The van der Waals surface area contributed by atoms with Crippen molar-refractivity contribution in [2.45, 2.75) is 13.1 Å². The van der Waals surface area contributed by atoms with Gasteiger partial charge in [0.25, 0.3) is 5.91 Å². The van der Waals surface area contributed by atoms with Crippen LogP contribution >= 0.6 is 11.6 Å². The highest BCUT2D eigenvalue weighted by Crippen LogP contribution is 2.33. The molecule has 0 radical (unpaired) electrons. The summed E-state index contributed by atoms with van der Waals surface area (Å²) < 4.78 is 38.0. The van der Waals surface area contributed by atoms with Gasteiger partial charge in [-0.25, -0.2) is 0 Å². The second-order valence-electron chi connectivity index (χ2n) is 4.56. The van der Waals surface area contributed by atoms with Gasteiger partial charge in [-0.05, 0) is 31.2 Å². The Morgan fingerprint density at radius 3 is 2.50 bits per heavy atom. The lowest BCUT2D eigenvalue weighted by molar-refractivity contribution is -0.137. The molecule has 2 N–H and O–H groups in total. The lowest BCUT2D eigenvalue weighted by Gasteiger charge is -2.11. The van der Waals surface area contributed by atoms with E-state index in [2.05, 4.69) is 10.3 Å². The number of carbonyl (C=O) groups excluding carboxylic acids is 1. The monoisotopic (exact) mass is 330 g/mol. The third-order valence-electron chi connectivity index (χ3n) is 2.78. The van der Waals surface area contributed by atoms with Crippen LogP contribution in [0.4, 0.5) is 18.9 Å². The number of halogens is 4. The van der Waals surface area contributed by atoms with Crippen LogP contribution in [0.25, 0.3) is 0 Å². The zero-order valence-electron chi connectivity index (χ0n) is 11.2. The topological polar surface area (TPSA) is 62.0 Å². The zero-order valence-corrected chi connectivity index (χ0v) is 12.0. The van der Waals surface area contributed by atoms with Crippen molar-refractivity contribution in [3.8, 4) is 0 Å². The van der Waals surface area contributed by atoms with Crippen molar-refractivity contribution in [3.05, 3.63) is 62.5 Å². The number of aryl methyl sites for hydroxylation is 1. The largest absolute Gasteiger partial charge is 0.416 e. The highest BCUT2D eigenvalue weighted by molar-refractivity contribution is 6.34. The smallest absolute Gasteiger partial charge is 0.326 e. The van der Waals surface area contributed by atoms with Crippen LogP contribution in [0, 0.1) is 6.92 Å². The Labute approximate surface area is 127 Å². The number of carbonyl (C=O) groups is 1. The molecule has 4 nitrogen and oxygen atoms in total. The highest BCUT2D eigenvalue weighted by atomic mass is 35.5. The summed E-state index contributed by atoms with van der Waals surface area (Å²) in [7, 11) is 0. The third kappa shape index (κ3) is 3.67. The van der Waals surface area contributed by atoms with Gasteiger partial charge < -0.3 is 10.3 Å². The Bertz CT molecular complexity index is 784. The SMILES string of the molecule is Cc1cc(C(=O)Nc2cc(C(F)(F)F)ccc2Cl)cc(=O)[nH]1. The van der Waals surface area contributed by atoms with Gasteiger partial charge in [-0.1, -0.05) is 11.6 Å². The fourth-order valence-corrected chi connectivity index (χ4v) is 1.97. The molecule has 0 saturated carbocycles. The van der Waals surface area contributed by atoms with E-state index in [1.807, 2.05) is 0 Å². The number of anilines is 1. The van der Waals surface area contributed by atoms with Gasteiger partial charge in [-0.3, -0.25) is 9.59 Å². The van der Waals surface area contributed by atoms with E-state index >= 15 is 0 Å². The summed E-state index contributed by atoms with van der Waals surface area (Å²) in [5.74, 6) is -0.726. The molecule has 0 spiro atoms. The molecule has 116 valence electrons. The van der Waals surface area contributed by atoms with Crippen molar-refractivity contribution < 1.29 is 18.0 Å². The Morgan fingerprint density at radius 1 is 1.23 bits per heavy atom. The van der Waals surface area contributed by atoms with E-state index in [0.29, 0.717) is 5.69 Å². The van der Waals surface area contributed by atoms with Crippen molar-refractivity contribution in [2.24, 2.45) is 0 Å². The van der Waals surface area contributed by atoms with Gasteiger partial charge in [0.1, 0.15) is 0 Å². The van der Waals surface area contributed by atoms with Gasteiger partial charge in [0.05, 0.1) is 16.3 Å². The lowest BCUT2D eigenvalue weighted by atomic mass is 10.1. The fourth-order valence-electron chi connectivity index (χ4n) is 1.81. The molecule has 0 saturated heterocycles. The summed E-state index contributed by atoms with van der Waals surface area (Å²) in [4.78, 5) is 25.8. The molecule has 1 aromatic carbocycles. The van der Waals surface area contributed by atoms with Crippen LogP contribution in [0.5, 0.6) is 0 Å². The van der Waals surface area contributed by atoms with Crippen molar-refractivity contribution >= 4 is 23.2 Å². The van der Waals surface area contributed by atoms with Gasteiger partial charge in [-0.15, -0.1) is 0 Å². The van der Waals surface area contributed by atoms with Crippen molar-refractivity contribution in [3.63, 3.8) is 0 Å². The average Bonchev–Trinajstić information content (AvgIpc) is 2.38. The van der Waals surface area contributed by atoms with Gasteiger partial charge in [0.2, 0.25) is 5.56 Å². The van der Waals surface area contributed by atoms with Gasteiger partial charge in [-0.2, -0.15) is 13.2 Å². The van der Waals surface area contributed by atoms with Crippen molar-refractivity contribution in [1.82, 2.24) is 4.98 Å². The van der Waals surface area contributed by atoms with E-state index in [-0.39, 0.29) is 16.3 Å². The number of hydrogen-bond acceptors (Lipinski definition) is 2. The number of alkyl halides is 3. The number of rotatable bonds is 2. The average molecular weight is 331 g/mol. The minimum Gasteiger partial charge on any atom is -0.326 e. The van der Waals surface area contributed by atoms with Crippen molar-refractivity contribution in [1.29, 1.82) is 0 Å². The number of benzene rings is 1. The lowest BCUT2D eigenvalue weighted by Crippen LogP contribution is -2.17. The Kier molecular flexibility index (Phi) is 4.27. The van der Waals surface area contributed by atoms with E-state index in [0.717, 1.165) is 24.3 Å². The Morgan fingerprint density at radius 2 is 1.91 bits per heavy atom. The molecule has 1 amide bonds. The van der Waals surface area contributed by atoms with E-state index in [9.17, 15) is 22.8 Å². The molecular formula is C14H10ClF3N2O2. The van der Waals surface area contributed by atoms with Crippen LogP contribution in [-0.4, -0.2) is 10.9 Å². The van der Waals surface area contributed by atoms with E-state index < -0.39 is 23.2 Å². The minimum absolute atomic E-state index is 0.0229. The molecule has 0 fully saturated rings. The summed E-state index contributed by atoms with van der Waals surface area (Å²) in [5.41, 5.74) is -1.13. The van der Waals surface area contributed by atoms with E-state index in [4.69, 9.17) is 11.6 Å². The van der Waals surface area contributed by atoms with E-state index in [1.54, 1.807) is 6.92 Å². The van der Waals surface area contributed by atoms with Gasteiger partial charge in [0.15, 0.2) is 0 Å². The normalized spacial score (nSPS) is 11.3. The molecule has 1 heterocycles. The first-order valence-electron chi connectivity index (χ1n) is 6.06. The van der Waals surface area contributed by atoms with E-state index in [1.165, 1.54) is 6.07 Å². The zero-order chi connectivity index (χ0) is 16.5. The summed E-state index contributed by atoms with van der Waals surface area (Å²) in [6, 6.07) is 5.04. The number of aromatic amines is 1. The van der Waals surface area contributed by atoms with Crippen LogP contribution in [0.3, 0.4) is 0 Å². The number of H-pyrrole nitrogens is 1. The highest BCUT2D eigenvalue weighted by Gasteiger charge is 2.31. The molecule has 8 heteroatoms. The number of pyridine rings is 1. The minimum atomic E-state index is -4.55. The maximum absolute atomic E-state index is 12.7. The molecule has 0 bridgehead atoms. The summed E-state index contributed by atoms with van der Waals surface area (Å²) >= 11 is 5.79. The Balaban J connectivity index is 2.34. The van der Waals surface area contributed by atoms with Gasteiger partial charge >= 0.3 is 6.18 Å². The van der Waals surface area contributed by atoms with Crippen LogP contribution < -0.4 is 10.9 Å². The van der Waals surface area contributed by atoms with Crippen LogP contribution in [0.1, 0.15) is 21.6 Å². The maximum atomic E-state index is 12.7. The molecule has 0 unspecified atom stereocenters. The summed E-state index contributed by atoms with van der Waals surface area (Å²) in [5, 5.41) is 2.23. The molecule has 0 aliphatic carbocycles. The predicted octanol–water partition coefficient (Wildman–Crippen LogP) is 3.61. The molecule has 2 rings (SSSR count).